The molecule has 0 aromatic heterocycles. The largest absolute Gasteiger partial charge is 0.454 e. The Balaban J connectivity index is 0.000000142. The molecule has 10 nitrogen and oxygen atoms in total. The lowest BCUT2D eigenvalue weighted by atomic mass is 9.94. The fraction of sp³-hybridized carbons (Fsp3) is 0.500. The Kier molecular flexibility index (Phi) is 6.77. The van der Waals surface area contributed by atoms with Gasteiger partial charge in [0.05, 0.1) is 25.4 Å². The molecule has 4 atom stereocenters. The molecule has 0 bridgehead atoms. The molecule has 0 saturated carbocycles. The molecule has 4 N–H and O–H groups in total. The summed E-state index contributed by atoms with van der Waals surface area (Å²) in [6.45, 7) is 2.46. The second-order valence-corrected chi connectivity index (χ2v) is 8.40. The van der Waals surface area contributed by atoms with Gasteiger partial charge in [0.25, 0.3) is 0 Å². The van der Waals surface area contributed by atoms with E-state index in [0.717, 1.165) is 33.8 Å². The standard InChI is InChI=1S/2C12H15NO4/c2*1-13-4-10-11-7(8(14)5-15-10)2-3-9-12(11)17-6-16-9/h2*2-3,8,10,13-14H,4-6H2,1H3/t8-,10-;/m1./s1. The topological polar surface area (TPSA) is 120 Å². The van der Waals surface area contributed by atoms with Crippen LogP contribution in [0.1, 0.15) is 46.7 Å². The quantitative estimate of drug-likeness (QED) is 0.519. The van der Waals surface area contributed by atoms with Gasteiger partial charge in [-0.15, -0.1) is 0 Å². The van der Waals surface area contributed by atoms with Gasteiger partial charge in [-0.3, -0.25) is 0 Å². The number of rotatable bonds is 4. The Morgan fingerprint density at radius 3 is 1.56 bits per heavy atom. The van der Waals surface area contributed by atoms with Crippen LogP contribution in [0.15, 0.2) is 24.3 Å². The average molecular weight is 475 g/mol. The Bertz CT molecular complexity index is 951. The molecule has 34 heavy (non-hydrogen) atoms. The first-order valence-electron chi connectivity index (χ1n) is 11.4. The first-order chi connectivity index (χ1) is 16.6. The van der Waals surface area contributed by atoms with Crippen LogP contribution in [0.3, 0.4) is 0 Å². The highest BCUT2D eigenvalue weighted by molar-refractivity contribution is 5.55. The second-order valence-electron chi connectivity index (χ2n) is 8.40. The van der Waals surface area contributed by atoms with Crippen LogP contribution in [0, 0.1) is 0 Å². The minimum absolute atomic E-state index is 0.102. The Morgan fingerprint density at radius 1 is 0.706 bits per heavy atom. The van der Waals surface area contributed by atoms with Gasteiger partial charge in [0.2, 0.25) is 13.6 Å². The maximum Gasteiger partial charge on any atom is 0.231 e. The van der Waals surface area contributed by atoms with Crippen molar-refractivity contribution in [2.45, 2.75) is 24.4 Å². The Morgan fingerprint density at radius 2 is 1.15 bits per heavy atom. The van der Waals surface area contributed by atoms with Gasteiger partial charge < -0.3 is 49.3 Å². The van der Waals surface area contributed by atoms with Crippen LogP contribution in [0.25, 0.3) is 0 Å². The number of likely N-dealkylation sites (N-methyl/N-ethyl adjacent to an activating group) is 2. The summed E-state index contributed by atoms with van der Waals surface area (Å²) in [4.78, 5) is 0. The van der Waals surface area contributed by atoms with Crippen molar-refractivity contribution < 1.29 is 38.6 Å². The molecule has 10 heteroatoms. The van der Waals surface area contributed by atoms with Gasteiger partial charge in [-0.25, -0.2) is 0 Å². The highest BCUT2D eigenvalue weighted by Gasteiger charge is 2.34. The molecule has 0 fully saturated rings. The van der Waals surface area contributed by atoms with E-state index >= 15 is 0 Å². The summed E-state index contributed by atoms with van der Waals surface area (Å²) in [6, 6.07) is 7.45. The van der Waals surface area contributed by atoms with E-state index in [1.54, 1.807) is 0 Å². The molecule has 184 valence electrons. The van der Waals surface area contributed by atoms with Gasteiger partial charge in [-0.1, -0.05) is 12.1 Å². The lowest BCUT2D eigenvalue weighted by Gasteiger charge is -2.30. The van der Waals surface area contributed by atoms with Crippen LogP contribution in [0.4, 0.5) is 0 Å². The first kappa shape index (κ1) is 23.2. The van der Waals surface area contributed by atoms with Crippen molar-refractivity contribution in [3.8, 4) is 23.0 Å². The fourth-order valence-corrected chi connectivity index (χ4v) is 4.72. The zero-order valence-electron chi connectivity index (χ0n) is 19.2. The summed E-state index contributed by atoms with van der Waals surface area (Å²) in [5, 5.41) is 26.0. The van der Waals surface area contributed by atoms with Crippen molar-refractivity contribution in [2.75, 3.05) is 54.0 Å². The van der Waals surface area contributed by atoms with Gasteiger partial charge in [-0.2, -0.15) is 0 Å². The zero-order valence-corrected chi connectivity index (χ0v) is 19.2. The number of aliphatic hydroxyl groups excluding tert-OH is 2. The summed E-state index contributed by atoms with van der Waals surface area (Å²) in [5.41, 5.74) is 3.57. The molecule has 0 spiro atoms. The van der Waals surface area contributed by atoms with E-state index in [9.17, 15) is 10.2 Å². The third-order valence-corrected chi connectivity index (χ3v) is 6.27. The highest BCUT2D eigenvalue weighted by Crippen LogP contribution is 2.46. The summed E-state index contributed by atoms with van der Waals surface area (Å²) in [6.07, 6.45) is -1.38. The molecule has 0 saturated heterocycles. The number of benzene rings is 2. The van der Waals surface area contributed by atoms with Crippen molar-refractivity contribution in [1.82, 2.24) is 10.6 Å². The fourth-order valence-electron chi connectivity index (χ4n) is 4.72. The van der Waals surface area contributed by atoms with Gasteiger partial charge in [0.15, 0.2) is 23.0 Å². The van der Waals surface area contributed by atoms with Gasteiger partial charge in [-0.05, 0) is 37.4 Å². The van der Waals surface area contributed by atoms with Gasteiger partial charge in [0, 0.05) is 24.2 Å². The number of hydrogen-bond acceptors (Lipinski definition) is 10. The molecule has 4 aliphatic heterocycles. The molecule has 2 aromatic carbocycles. The van der Waals surface area contributed by atoms with E-state index in [4.69, 9.17) is 28.4 Å². The minimum Gasteiger partial charge on any atom is -0.454 e. The lowest BCUT2D eigenvalue weighted by Crippen LogP contribution is -2.28. The molecular weight excluding hydrogens is 444 g/mol. The SMILES string of the molecule is CNCC1OCC(O)c2ccc3c(c21)OCO3.CNC[C@H]1OC[C@@H](O)c2ccc3c(c21)OCO3. The maximum atomic E-state index is 9.94. The molecule has 0 radical (unpaired) electrons. The van der Waals surface area contributed by atoms with Crippen LogP contribution in [0.5, 0.6) is 23.0 Å². The van der Waals surface area contributed by atoms with Crippen molar-refractivity contribution in [3.05, 3.63) is 46.5 Å². The van der Waals surface area contributed by atoms with Crippen LogP contribution in [-0.2, 0) is 9.47 Å². The number of hydrogen-bond donors (Lipinski definition) is 4. The van der Waals surface area contributed by atoms with E-state index in [2.05, 4.69) is 10.6 Å². The summed E-state index contributed by atoms with van der Waals surface area (Å²) in [7, 11) is 3.74. The maximum absolute atomic E-state index is 9.94. The monoisotopic (exact) mass is 474 g/mol. The minimum atomic E-state index is -0.590. The highest BCUT2D eigenvalue weighted by atomic mass is 16.7. The number of ether oxygens (including phenoxy) is 6. The van der Waals surface area contributed by atoms with Gasteiger partial charge >= 0.3 is 0 Å². The summed E-state index contributed by atoms with van der Waals surface area (Å²) in [5.74, 6) is 2.87. The first-order valence-corrected chi connectivity index (χ1v) is 11.4. The predicted octanol–water partition coefficient (Wildman–Crippen LogP) is 1.48. The molecule has 2 aromatic rings. The van der Waals surface area contributed by atoms with Crippen molar-refractivity contribution in [3.63, 3.8) is 0 Å². The van der Waals surface area contributed by atoms with Crippen molar-refractivity contribution in [2.24, 2.45) is 0 Å². The van der Waals surface area contributed by atoms with Crippen LogP contribution < -0.4 is 29.6 Å². The molecule has 0 aliphatic carbocycles. The van der Waals surface area contributed by atoms with E-state index in [1.807, 2.05) is 38.4 Å². The zero-order chi connectivity index (χ0) is 23.7. The molecule has 4 heterocycles. The molecule has 2 unspecified atom stereocenters. The Labute approximate surface area is 197 Å². The van der Waals surface area contributed by atoms with Crippen molar-refractivity contribution in [1.29, 1.82) is 0 Å². The van der Waals surface area contributed by atoms with E-state index in [-0.39, 0.29) is 25.8 Å². The predicted molar refractivity (Wildman–Crippen MR) is 120 cm³/mol. The summed E-state index contributed by atoms with van der Waals surface area (Å²) >= 11 is 0. The van der Waals surface area contributed by atoms with Crippen LogP contribution in [-0.4, -0.2) is 64.2 Å². The molecule has 6 rings (SSSR count). The second kappa shape index (κ2) is 9.95. The molecule has 4 aliphatic rings. The van der Waals surface area contributed by atoms with Crippen LogP contribution >= 0.6 is 0 Å². The van der Waals surface area contributed by atoms with Gasteiger partial charge in [0.1, 0.15) is 12.2 Å². The Hall–Kier alpha value is -2.60. The van der Waals surface area contributed by atoms with Crippen molar-refractivity contribution >= 4 is 0 Å². The van der Waals surface area contributed by atoms with E-state index < -0.39 is 12.2 Å². The number of nitrogens with one attached hydrogen (secondary N) is 2. The number of aliphatic hydroxyl groups is 2. The molecule has 0 amide bonds. The third-order valence-electron chi connectivity index (χ3n) is 6.27. The number of fused-ring (bicyclic) bond motifs is 6. The third kappa shape index (κ3) is 4.17. The van der Waals surface area contributed by atoms with Crippen LogP contribution in [0.2, 0.25) is 0 Å². The smallest absolute Gasteiger partial charge is 0.231 e. The average Bonchev–Trinajstić information content (AvgIpc) is 3.52. The summed E-state index contributed by atoms with van der Waals surface area (Å²) < 4.78 is 32.9. The van der Waals surface area contributed by atoms with E-state index in [0.29, 0.717) is 37.8 Å². The molecular formula is C24H30N2O8. The normalized spacial score (nSPS) is 25.8. The lowest BCUT2D eigenvalue weighted by molar-refractivity contribution is -0.0301. The van der Waals surface area contributed by atoms with E-state index in [1.165, 1.54) is 0 Å².